The van der Waals surface area contributed by atoms with Crippen LogP contribution in [-0.2, 0) is 4.79 Å². The molecule has 0 heterocycles. The van der Waals surface area contributed by atoms with Crippen molar-refractivity contribution in [2.45, 2.75) is 32.7 Å². The van der Waals surface area contributed by atoms with Crippen molar-refractivity contribution in [3.8, 4) is 5.75 Å². The fourth-order valence-corrected chi connectivity index (χ4v) is 1.43. The van der Waals surface area contributed by atoms with Gasteiger partial charge in [0.05, 0.1) is 11.7 Å². The number of phenols is 1. The Kier molecular flexibility index (Phi) is 4.31. The van der Waals surface area contributed by atoms with Gasteiger partial charge in [-0.15, -0.1) is 0 Å². The van der Waals surface area contributed by atoms with E-state index < -0.39 is 6.04 Å². The van der Waals surface area contributed by atoms with E-state index in [9.17, 15) is 9.90 Å². The van der Waals surface area contributed by atoms with Crippen molar-refractivity contribution in [1.82, 2.24) is 0 Å². The maximum atomic E-state index is 11.6. The van der Waals surface area contributed by atoms with Gasteiger partial charge in [0.1, 0.15) is 5.75 Å². The first kappa shape index (κ1) is 12.5. The number of phenolic OH excluding ortho intramolecular Hbond substituents is 1. The number of anilines is 1. The van der Waals surface area contributed by atoms with Gasteiger partial charge in [0, 0.05) is 0 Å². The number of amides is 1. The number of aromatic hydroxyl groups is 1. The molecule has 1 aromatic carbocycles. The largest absolute Gasteiger partial charge is 0.505 e. The summed E-state index contributed by atoms with van der Waals surface area (Å²) in [6.45, 7) is 3.74. The van der Waals surface area contributed by atoms with E-state index in [1.54, 1.807) is 25.1 Å². The van der Waals surface area contributed by atoms with E-state index in [1.165, 1.54) is 0 Å². The van der Waals surface area contributed by atoms with E-state index >= 15 is 0 Å². The molecule has 16 heavy (non-hydrogen) atoms. The second-order valence-corrected chi connectivity index (χ2v) is 3.86. The molecule has 1 aromatic rings. The molecule has 0 aliphatic rings. The van der Waals surface area contributed by atoms with Crippen LogP contribution in [0.3, 0.4) is 0 Å². The maximum Gasteiger partial charge on any atom is 0.241 e. The number of benzene rings is 1. The number of aryl methyl sites for hydroxylation is 1. The van der Waals surface area contributed by atoms with Crippen LogP contribution in [0, 0.1) is 6.92 Å². The molecule has 0 aromatic heterocycles. The lowest BCUT2D eigenvalue weighted by Crippen LogP contribution is -2.35. The summed E-state index contributed by atoms with van der Waals surface area (Å²) in [5, 5.41) is 12.3. The minimum absolute atomic E-state index is 0.0968. The van der Waals surface area contributed by atoms with Crippen molar-refractivity contribution in [2.75, 3.05) is 5.32 Å². The monoisotopic (exact) mass is 222 g/mol. The highest BCUT2D eigenvalue weighted by Crippen LogP contribution is 2.26. The molecular formula is C12H18N2O2. The molecule has 0 spiro atoms. The Labute approximate surface area is 95.5 Å². The van der Waals surface area contributed by atoms with Crippen LogP contribution in [0.25, 0.3) is 0 Å². The molecule has 88 valence electrons. The summed E-state index contributed by atoms with van der Waals surface area (Å²) < 4.78 is 0. The van der Waals surface area contributed by atoms with Crippen LogP contribution in [0.15, 0.2) is 18.2 Å². The number of nitrogens with one attached hydrogen (secondary N) is 1. The van der Waals surface area contributed by atoms with Gasteiger partial charge in [-0.1, -0.05) is 25.5 Å². The Hall–Kier alpha value is -1.55. The summed E-state index contributed by atoms with van der Waals surface area (Å²) in [5.41, 5.74) is 6.81. The van der Waals surface area contributed by atoms with Crippen LogP contribution in [0.1, 0.15) is 25.3 Å². The van der Waals surface area contributed by atoms with Crippen LogP contribution in [0.5, 0.6) is 5.75 Å². The van der Waals surface area contributed by atoms with E-state index in [1.807, 2.05) is 6.92 Å². The summed E-state index contributed by atoms with van der Waals surface area (Å²) in [5.74, 6) is -0.165. The highest BCUT2D eigenvalue weighted by Gasteiger charge is 2.14. The summed E-state index contributed by atoms with van der Waals surface area (Å²) in [6.07, 6.45) is 1.49. The quantitative estimate of drug-likeness (QED) is 0.679. The standard InChI is InChI=1S/C12H18N2O2/c1-3-5-9(13)12(16)14-10-7-4-6-8(2)11(10)15/h4,6-7,9,15H,3,5,13H2,1-2H3,(H,14,16)/t9-/m0/s1. The molecular weight excluding hydrogens is 204 g/mol. The second kappa shape index (κ2) is 5.51. The van der Waals surface area contributed by atoms with Gasteiger partial charge in [0.2, 0.25) is 5.91 Å². The molecule has 0 fully saturated rings. The van der Waals surface area contributed by atoms with Crippen molar-refractivity contribution < 1.29 is 9.90 Å². The molecule has 0 aliphatic heterocycles. The van der Waals surface area contributed by atoms with E-state index in [0.717, 1.165) is 12.0 Å². The maximum absolute atomic E-state index is 11.6. The molecule has 0 unspecified atom stereocenters. The molecule has 1 amide bonds. The van der Waals surface area contributed by atoms with Gasteiger partial charge in [-0.3, -0.25) is 4.79 Å². The Morgan fingerprint density at radius 3 is 2.88 bits per heavy atom. The third-order valence-electron chi connectivity index (χ3n) is 2.43. The third kappa shape index (κ3) is 2.97. The predicted octanol–water partition coefficient (Wildman–Crippen LogP) is 1.77. The van der Waals surface area contributed by atoms with Gasteiger partial charge < -0.3 is 16.2 Å². The lowest BCUT2D eigenvalue weighted by atomic mass is 10.1. The molecule has 0 saturated carbocycles. The van der Waals surface area contributed by atoms with Crippen molar-refractivity contribution in [2.24, 2.45) is 5.73 Å². The van der Waals surface area contributed by atoms with Crippen LogP contribution in [-0.4, -0.2) is 17.1 Å². The zero-order chi connectivity index (χ0) is 12.1. The zero-order valence-electron chi connectivity index (χ0n) is 9.66. The molecule has 4 N–H and O–H groups in total. The predicted molar refractivity (Wildman–Crippen MR) is 64.4 cm³/mol. The summed E-state index contributed by atoms with van der Waals surface area (Å²) >= 11 is 0. The summed E-state index contributed by atoms with van der Waals surface area (Å²) in [7, 11) is 0. The minimum Gasteiger partial charge on any atom is -0.505 e. The highest BCUT2D eigenvalue weighted by atomic mass is 16.3. The summed E-state index contributed by atoms with van der Waals surface area (Å²) in [4.78, 5) is 11.6. The first-order valence-corrected chi connectivity index (χ1v) is 5.41. The van der Waals surface area contributed by atoms with Crippen molar-refractivity contribution in [3.63, 3.8) is 0 Å². The topological polar surface area (TPSA) is 75.4 Å². The number of carbonyl (C=O) groups excluding carboxylic acids is 1. The average Bonchev–Trinajstić information content (AvgIpc) is 2.25. The molecule has 0 bridgehead atoms. The van der Waals surface area contributed by atoms with Crippen LogP contribution >= 0.6 is 0 Å². The van der Waals surface area contributed by atoms with Gasteiger partial charge in [0.15, 0.2) is 0 Å². The average molecular weight is 222 g/mol. The van der Waals surface area contributed by atoms with Gasteiger partial charge in [-0.05, 0) is 25.0 Å². The molecule has 1 atom stereocenters. The van der Waals surface area contributed by atoms with Crippen LogP contribution in [0.4, 0.5) is 5.69 Å². The van der Waals surface area contributed by atoms with Gasteiger partial charge >= 0.3 is 0 Å². The normalized spacial score (nSPS) is 12.2. The summed E-state index contributed by atoms with van der Waals surface area (Å²) in [6, 6.07) is 4.68. The lowest BCUT2D eigenvalue weighted by Gasteiger charge is -2.12. The van der Waals surface area contributed by atoms with E-state index in [-0.39, 0.29) is 11.7 Å². The molecule has 0 saturated heterocycles. The highest BCUT2D eigenvalue weighted by molar-refractivity contribution is 5.96. The minimum atomic E-state index is -0.523. The molecule has 0 radical (unpaired) electrons. The van der Waals surface area contributed by atoms with Crippen molar-refractivity contribution in [3.05, 3.63) is 23.8 Å². The Bertz CT molecular complexity index is 377. The second-order valence-electron chi connectivity index (χ2n) is 3.86. The third-order valence-corrected chi connectivity index (χ3v) is 2.43. The van der Waals surface area contributed by atoms with Gasteiger partial charge in [0.25, 0.3) is 0 Å². The number of hydrogen-bond donors (Lipinski definition) is 3. The Morgan fingerprint density at radius 2 is 2.25 bits per heavy atom. The van der Waals surface area contributed by atoms with Crippen LogP contribution in [0.2, 0.25) is 0 Å². The fourth-order valence-electron chi connectivity index (χ4n) is 1.43. The Balaban J connectivity index is 2.73. The van der Waals surface area contributed by atoms with Crippen molar-refractivity contribution in [1.29, 1.82) is 0 Å². The first-order valence-electron chi connectivity index (χ1n) is 5.41. The molecule has 4 nitrogen and oxygen atoms in total. The number of rotatable bonds is 4. The first-order chi connectivity index (χ1) is 7.56. The van der Waals surface area contributed by atoms with Crippen LogP contribution < -0.4 is 11.1 Å². The van der Waals surface area contributed by atoms with Crippen molar-refractivity contribution >= 4 is 11.6 Å². The molecule has 1 rings (SSSR count). The lowest BCUT2D eigenvalue weighted by molar-refractivity contribution is -0.117. The zero-order valence-corrected chi connectivity index (χ0v) is 9.66. The number of hydrogen-bond acceptors (Lipinski definition) is 3. The van der Waals surface area contributed by atoms with Gasteiger partial charge in [-0.25, -0.2) is 0 Å². The van der Waals surface area contributed by atoms with Gasteiger partial charge in [-0.2, -0.15) is 0 Å². The Morgan fingerprint density at radius 1 is 1.56 bits per heavy atom. The van der Waals surface area contributed by atoms with E-state index in [4.69, 9.17) is 5.73 Å². The number of carbonyl (C=O) groups is 1. The fraction of sp³-hybridized carbons (Fsp3) is 0.417. The number of para-hydroxylation sites is 1. The SMILES string of the molecule is CCC[C@H](N)C(=O)Nc1cccc(C)c1O. The van der Waals surface area contributed by atoms with E-state index in [2.05, 4.69) is 5.32 Å². The smallest absolute Gasteiger partial charge is 0.241 e. The number of nitrogens with two attached hydrogens (primary N) is 1. The molecule has 0 aliphatic carbocycles. The molecule has 4 heteroatoms. The van der Waals surface area contributed by atoms with E-state index in [0.29, 0.717) is 12.1 Å².